The zero-order valence-corrected chi connectivity index (χ0v) is 24.5. The molecule has 0 bridgehead atoms. The van der Waals surface area contributed by atoms with E-state index in [4.69, 9.17) is 11.6 Å². The molecule has 11 nitrogen and oxygen atoms in total. The number of aromatic hydroxyl groups is 1. The highest BCUT2D eigenvalue weighted by atomic mass is 79.9. The number of aromatic nitrogens is 5. The van der Waals surface area contributed by atoms with Crippen LogP contribution >= 0.6 is 27.5 Å². The normalized spacial score (nSPS) is 18.3. The summed E-state index contributed by atoms with van der Waals surface area (Å²) in [5, 5.41) is 16.6. The van der Waals surface area contributed by atoms with Crippen molar-refractivity contribution in [2.45, 2.75) is 43.8 Å². The minimum atomic E-state index is -4.60. The Kier molecular flexibility index (Phi) is 7.19. The van der Waals surface area contributed by atoms with Crippen molar-refractivity contribution in [3.8, 4) is 5.75 Å². The number of rotatable bonds is 4. The number of hydrogen-bond donors (Lipinski definition) is 2. The van der Waals surface area contributed by atoms with Crippen LogP contribution in [-0.2, 0) is 29.4 Å². The number of pyridine rings is 1. The summed E-state index contributed by atoms with van der Waals surface area (Å²) >= 11 is 9.25. The van der Waals surface area contributed by atoms with Gasteiger partial charge in [-0.1, -0.05) is 11.6 Å². The van der Waals surface area contributed by atoms with E-state index in [-0.39, 0.29) is 45.8 Å². The molecule has 1 fully saturated rings. The second-order valence-corrected chi connectivity index (χ2v) is 11.6. The third-order valence-electron chi connectivity index (χ3n) is 7.93. The fraction of sp³-hybridized carbons (Fsp3) is 0.333. The Balaban J connectivity index is 1.36. The highest BCUT2D eigenvalue weighted by Gasteiger charge is 2.47. The number of benzene rings is 1. The van der Waals surface area contributed by atoms with Gasteiger partial charge in [-0.25, -0.2) is 4.98 Å². The standard InChI is InChI=1S/C27H22BrClF3N7O4/c28-24-35-25-38(12-19(41)34-16-6-5-14(11-15(16)29)27(30,31)32)17-3-1-7-26(20(17)22(42)39(25)36-24)8-10-37(13-26)23(43)21-18(40)4-2-9-33-21/h2,4-6,9,11,40H,1,3,7-8,10,12-13H2,(H,34,41). The van der Waals surface area contributed by atoms with Crippen LogP contribution in [0.4, 0.5) is 18.9 Å². The van der Waals surface area contributed by atoms with Crippen molar-refractivity contribution in [3.05, 3.63) is 79.2 Å². The maximum Gasteiger partial charge on any atom is 0.416 e. The number of halogens is 5. The number of hydrogen-bond acceptors (Lipinski definition) is 7. The number of alkyl halides is 3. The second kappa shape index (κ2) is 10.6. The lowest BCUT2D eigenvalue weighted by molar-refractivity contribution is -0.137. The molecule has 224 valence electrons. The number of fused-ring (bicyclic) bond motifs is 3. The van der Waals surface area contributed by atoms with Gasteiger partial charge in [-0.2, -0.15) is 22.7 Å². The molecule has 0 saturated carbocycles. The van der Waals surface area contributed by atoms with Crippen LogP contribution in [0.3, 0.4) is 0 Å². The molecule has 1 aromatic carbocycles. The van der Waals surface area contributed by atoms with Crippen LogP contribution in [0.2, 0.25) is 5.02 Å². The van der Waals surface area contributed by atoms with Crippen molar-refractivity contribution >= 4 is 50.8 Å². The largest absolute Gasteiger partial charge is 0.505 e. The van der Waals surface area contributed by atoms with Crippen molar-refractivity contribution in [2.24, 2.45) is 0 Å². The van der Waals surface area contributed by atoms with E-state index in [1.807, 2.05) is 0 Å². The average molecular weight is 681 g/mol. The van der Waals surface area contributed by atoms with E-state index in [9.17, 15) is 32.7 Å². The predicted octanol–water partition coefficient (Wildman–Crippen LogP) is 4.19. The maximum atomic E-state index is 13.9. The summed E-state index contributed by atoms with van der Waals surface area (Å²) in [7, 11) is 0. The summed E-state index contributed by atoms with van der Waals surface area (Å²) in [6.07, 6.45) is -1.03. The van der Waals surface area contributed by atoms with Crippen LogP contribution < -0.4 is 10.9 Å². The van der Waals surface area contributed by atoms with Gasteiger partial charge >= 0.3 is 6.18 Å². The summed E-state index contributed by atoms with van der Waals surface area (Å²) in [4.78, 5) is 50.3. The first-order valence-electron chi connectivity index (χ1n) is 13.2. The van der Waals surface area contributed by atoms with Gasteiger partial charge in [-0.15, -0.1) is 5.10 Å². The van der Waals surface area contributed by atoms with Crippen molar-refractivity contribution in [1.82, 2.24) is 29.0 Å². The van der Waals surface area contributed by atoms with Gasteiger partial charge in [0.2, 0.25) is 16.4 Å². The van der Waals surface area contributed by atoms with Gasteiger partial charge in [0.05, 0.1) is 16.3 Å². The molecule has 2 amide bonds. The Bertz CT molecular complexity index is 1860. The van der Waals surface area contributed by atoms with E-state index in [0.717, 1.165) is 22.7 Å². The summed E-state index contributed by atoms with van der Waals surface area (Å²) < 4.78 is 42.0. The number of carbonyl (C=O) groups excluding carboxylic acids is 2. The number of anilines is 1. The molecule has 1 saturated heterocycles. The lowest BCUT2D eigenvalue weighted by Crippen LogP contribution is -2.44. The van der Waals surface area contributed by atoms with Crippen LogP contribution in [0, 0.1) is 0 Å². The molecule has 1 atom stereocenters. The third kappa shape index (κ3) is 5.13. The average Bonchev–Trinajstić information content (AvgIpc) is 3.55. The lowest BCUT2D eigenvalue weighted by Gasteiger charge is -2.36. The SMILES string of the molecule is O=C(Cn1c2c(c(=O)n3nc(Br)nc13)C1(CCC2)CCN(C(=O)c2ncccc2O)C1)Nc1ccc(C(F)(F)F)cc1Cl. The molecule has 3 aromatic heterocycles. The molecule has 4 heterocycles. The van der Waals surface area contributed by atoms with E-state index < -0.39 is 34.5 Å². The number of likely N-dealkylation sites (tertiary alicyclic amines) is 1. The predicted molar refractivity (Wildman–Crippen MR) is 151 cm³/mol. The van der Waals surface area contributed by atoms with Crippen molar-refractivity contribution < 1.29 is 27.9 Å². The van der Waals surface area contributed by atoms with Crippen molar-refractivity contribution in [1.29, 1.82) is 0 Å². The summed E-state index contributed by atoms with van der Waals surface area (Å²) in [6.45, 7) is 0.174. The van der Waals surface area contributed by atoms with Gasteiger partial charge in [-0.05, 0) is 71.9 Å². The third-order valence-corrected chi connectivity index (χ3v) is 8.58. The molecule has 16 heteroatoms. The van der Waals surface area contributed by atoms with Gasteiger partial charge in [0.25, 0.3) is 11.5 Å². The molecule has 6 rings (SSSR count). The Morgan fingerprint density at radius 1 is 1.21 bits per heavy atom. The molecular formula is C27H22BrClF3N7O4. The van der Waals surface area contributed by atoms with E-state index in [0.29, 0.717) is 43.5 Å². The molecule has 2 aliphatic rings. The first-order valence-corrected chi connectivity index (χ1v) is 14.3. The van der Waals surface area contributed by atoms with Gasteiger partial charge in [0.1, 0.15) is 12.3 Å². The Morgan fingerprint density at radius 2 is 2.00 bits per heavy atom. The van der Waals surface area contributed by atoms with Crippen molar-refractivity contribution in [2.75, 3.05) is 18.4 Å². The van der Waals surface area contributed by atoms with Crippen LogP contribution in [0.15, 0.2) is 46.1 Å². The zero-order valence-electron chi connectivity index (χ0n) is 22.2. The number of amides is 2. The Hall–Kier alpha value is -3.98. The molecule has 1 spiro atoms. The maximum absolute atomic E-state index is 13.9. The van der Waals surface area contributed by atoms with E-state index in [1.165, 1.54) is 18.3 Å². The first kappa shape index (κ1) is 29.1. The number of nitrogens with one attached hydrogen (secondary N) is 1. The Morgan fingerprint density at radius 3 is 2.72 bits per heavy atom. The monoisotopic (exact) mass is 679 g/mol. The van der Waals surface area contributed by atoms with Gasteiger partial charge in [0, 0.05) is 36.0 Å². The molecule has 2 N–H and O–H groups in total. The van der Waals surface area contributed by atoms with Crippen LogP contribution in [-0.4, -0.2) is 59.1 Å². The Labute approximate surface area is 254 Å². The topological polar surface area (TPSA) is 135 Å². The first-order chi connectivity index (χ1) is 20.4. The highest BCUT2D eigenvalue weighted by Crippen LogP contribution is 2.43. The zero-order chi connectivity index (χ0) is 30.7. The fourth-order valence-corrected chi connectivity index (χ4v) is 6.59. The van der Waals surface area contributed by atoms with Crippen LogP contribution in [0.25, 0.3) is 5.78 Å². The molecule has 4 aromatic rings. The lowest BCUT2D eigenvalue weighted by atomic mass is 9.71. The highest BCUT2D eigenvalue weighted by molar-refractivity contribution is 9.10. The van der Waals surface area contributed by atoms with E-state index in [2.05, 4.69) is 36.3 Å². The fourth-order valence-electron chi connectivity index (χ4n) is 6.05. The quantitative estimate of drug-likeness (QED) is 0.330. The minimum absolute atomic E-state index is 0.00700. The smallest absolute Gasteiger partial charge is 0.416 e. The second-order valence-electron chi connectivity index (χ2n) is 10.5. The van der Waals surface area contributed by atoms with Gasteiger partial charge < -0.3 is 19.9 Å². The van der Waals surface area contributed by atoms with E-state index >= 15 is 0 Å². The number of nitrogens with zero attached hydrogens (tertiary/aromatic N) is 6. The molecule has 1 aliphatic carbocycles. The van der Waals surface area contributed by atoms with Crippen LogP contribution in [0.5, 0.6) is 5.75 Å². The van der Waals surface area contributed by atoms with Gasteiger partial charge in [0.15, 0.2) is 5.69 Å². The van der Waals surface area contributed by atoms with E-state index in [1.54, 1.807) is 9.47 Å². The number of carbonyl (C=O) groups is 2. The van der Waals surface area contributed by atoms with Gasteiger partial charge in [-0.3, -0.25) is 14.4 Å². The van der Waals surface area contributed by atoms with Crippen molar-refractivity contribution in [3.63, 3.8) is 0 Å². The summed E-state index contributed by atoms with van der Waals surface area (Å²) in [6, 6.07) is 5.52. The van der Waals surface area contributed by atoms with Crippen LogP contribution in [0.1, 0.15) is 46.6 Å². The molecule has 1 aliphatic heterocycles. The summed E-state index contributed by atoms with van der Waals surface area (Å²) in [5.41, 5.74) is -1.22. The molecule has 43 heavy (non-hydrogen) atoms. The molecule has 0 radical (unpaired) electrons. The molecular weight excluding hydrogens is 659 g/mol. The molecule has 1 unspecified atom stereocenters. The summed E-state index contributed by atoms with van der Waals surface area (Å²) in [5.74, 6) is -1.21. The minimum Gasteiger partial charge on any atom is -0.505 e.